The van der Waals surface area contributed by atoms with E-state index >= 15 is 0 Å². The molecule has 0 unspecified atom stereocenters. The second kappa shape index (κ2) is 9.30. The van der Waals surface area contributed by atoms with Gasteiger partial charge in [0.05, 0.1) is 15.9 Å². The summed E-state index contributed by atoms with van der Waals surface area (Å²) in [4.78, 5) is 17.1. The molecule has 9 heteroatoms. The maximum Gasteiger partial charge on any atom is 0.243 e. The van der Waals surface area contributed by atoms with Crippen LogP contribution in [-0.4, -0.2) is 46.4 Å². The lowest BCUT2D eigenvalue weighted by Crippen LogP contribution is -2.35. The summed E-state index contributed by atoms with van der Waals surface area (Å²) in [5.74, 6) is 0.720. The number of carbonyl (C=O) groups is 1. The zero-order chi connectivity index (χ0) is 22.7. The maximum atomic E-state index is 13.0. The van der Waals surface area contributed by atoms with Crippen LogP contribution in [0.15, 0.2) is 47.4 Å². The minimum Gasteiger partial charge on any atom is -0.508 e. The lowest BCUT2D eigenvalue weighted by atomic mass is 10.2. The van der Waals surface area contributed by atoms with Gasteiger partial charge in [0.25, 0.3) is 0 Å². The molecule has 2 heterocycles. The quantitative estimate of drug-likeness (QED) is 0.569. The molecule has 3 aromatic rings. The fourth-order valence-electron chi connectivity index (χ4n) is 4.04. The summed E-state index contributed by atoms with van der Waals surface area (Å²) >= 11 is 0. The van der Waals surface area contributed by atoms with Crippen LogP contribution in [0.4, 0.5) is 0 Å². The first-order chi connectivity index (χ1) is 15.4. The van der Waals surface area contributed by atoms with Crippen molar-refractivity contribution in [3.63, 3.8) is 0 Å². The van der Waals surface area contributed by atoms with Gasteiger partial charge in [-0.15, -0.1) is 0 Å². The minimum atomic E-state index is -3.52. The second-order valence-electron chi connectivity index (χ2n) is 8.11. The number of carbonyl (C=O) groups excluding carboxylic acids is 1. The number of sulfonamides is 1. The number of hydrogen-bond acceptors (Lipinski definition) is 5. The van der Waals surface area contributed by atoms with Crippen LogP contribution in [0.25, 0.3) is 11.0 Å². The molecule has 0 atom stereocenters. The van der Waals surface area contributed by atoms with Crippen molar-refractivity contribution in [3.05, 3.63) is 53.9 Å². The summed E-state index contributed by atoms with van der Waals surface area (Å²) in [7, 11) is -1.66. The summed E-state index contributed by atoms with van der Waals surface area (Å²) in [6.45, 7) is 1.37. The van der Waals surface area contributed by atoms with E-state index in [1.165, 1.54) is 0 Å². The van der Waals surface area contributed by atoms with Crippen molar-refractivity contribution in [2.45, 2.75) is 43.5 Å². The predicted molar refractivity (Wildman–Crippen MR) is 122 cm³/mol. The number of aromatic nitrogens is 2. The second-order valence-corrected chi connectivity index (χ2v) is 10.0. The van der Waals surface area contributed by atoms with E-state index in [9.17, 15) is 18.3 Å². The molecule has 0 radical (unpaired) electrons. The van der Waals surface area contributed by atoms with Crippen LogP contribution >= 0.6 is 0 Å². The normalized spacial score (nSPS) is 15.2. The molecule has 1 aliphatic rings. The van der Waals surface area contributed by atoms with Crippen molar-refractivity contribution in [1.29, 1.82) is 0 Å². The van der Waals surface area contributed by atoms with Crippen molar-refractivity contribution >= 4 is 27.0 Å². The highest BCUT2D eigenvalue weighted by Gasteiger charge is 2.26. The Hall–Kier alpha value is -2.91. The minimum absolute atomic E-state index is 0.145. The van der Waals surface area contributed by atoms with Gasteiger partial charge in [0.1, 0.15) is 11.6 Å². The lowest BCUT2D eigenvalue weighted by molar-refractivity contribution is -0.121. The maximum absolute atomic E-state index is 13.0. The van der Waals surface area contributed by atoms with Crippen LogP contribution in [0.2, 0.25) is 0 Å². The van der Waals surface area contributed by atoms with Gasteiger partial charge in [-0.1, -0.05) is 24.6 Å². The van der Waals surface area contributed by atoms with Gasteiger partial charge in [-0.25, -0.2) is 13.4 Å². The Morgan fingerprint density at radius 1 is 1.12 bits per heavy atom. The largest absolute Gasteiger partial charge is 0.508 e. The number of imidazole rings is 1. The molecule has 1 saturated heterocycles. The number of nitrogens with zero attached hydrogens (tertiary/aromatic N) is 3. The Kier molecular flexibility index (Phi) is 6.48. The first kappa shape index (κ1) is 22.3. The molecular weight excluding hydrogens is 428 g/mol. The summed E-state index contributed by atoms with van der Waals surface area (Å²) in [6.07, 6.45) is 3.51. The number of para-hydroxylation sites is 1. The number of phenols is 1. The third-order valence-electron chi connectivity index (χ3n) is 5.94. The third-order valence-corrected chi connectivity index (χ3v) is 7.84. The first-order valence-corrected chi connectivity index (χ1v) is 12.3. The molecule has 0 bridgehead atoms. The van der Waals surface area contributed by atoms with Crippen LogP contribution in [0.5, 0.6) is 5.75 Å². The molecule has 32 heavy (non-hydrogen) atoms. The lowest BCUT2D eigenvalue weighted by Gasteiger charge is -2.25. The van der Waals surface area contributed by atoms with E-state index in [0.29, 0.717) is 36.4 Å². The highest BCUT2D eigenvalue weighted by Crippen LogP contribution is 2.25. The smallest absolute Gasteiger partial charge is 0.243 e. The van der Waals surface area contributed by atoms with Crippen LogP contribution in [0.3, 0.4) is 0 Å². The van der Waals surface area contributed by atoms with Crippen molar-refractivity contribution < 1.29 is 18.3 Å². The van der Waals surface area contributed by atoms with Crippen LogP contribution < -0.4 is 5.32 Å². The van der Waals surface area contributed by atoms with Gasteiger partial charge in [-0.2, -0.15) is 4.31 Å². The van der Waals surface area contributed by atoms with E-state index < -0.39 is 10.0 Å². The Morgan fingerprint density at radius 3 is 2.62 bits per heavy atom. The molecule has 0 saturated carbocycles. The number of fused-ring (bicyclic) bond motifs is 1. The molecule has 8 nitrogen and oxygen atoms in total. The Bertz CT molecular complexity index is 1230. The SMILES string of the molecule is Cn1c(CCC(=O)NCc2ccccc2O)nc2cc(S(=O)(=O)N3CCCCC3)ccc21. The van der Waals surface area contributed by atoms with Gasteiger partial charge in [0.15, 0.2) is 0 Å². The average molecular weight is 457 g/mol. The van der Waals surface area contributed by atoms with E-state index in [1.54, 1.807) is 46.8 Å². The Labute approximate surface area is 187 Å². The zero-order valence-electron chi connectivity index (χ0n) is 18.1. The molecular formula is C23H28N4O4S. The summed E-state index contributed by atoms with van der Waals surface area (Å²) in [6, 6.07) is 11.9. The number of aromatic hydroxyl groups is 1. The Balaban J connectivity index is 1.44. The third kappa shape index (κ3) is 4.63. The molecule has 0 aliphatic carbocycles. The fourth-order valence-corrected chi connectivity index (χ4v) is 5.57. The highest BCUT2D eigenvalue weighted by atomic mass is 32.2. The standard InChI is InChI=1S/C23H28N4O4S/c1-26-20-10-9-18(32(30,31)27-13-5-2-6-14-27)15-19(20)25-22(26)11-12-23(29)24-16-17-7-3-4-8-21(17)28/h3-4,7-10,15,28H,2,5-6,11-14,16H2,1H3,(H,24,29). The molecule has 1 fully saturated rings. The molecule has 1 aromatic heterocycles. The van der Waals surface area contributed by atoms with Crippen LogP contribution in [0, 0.1) is 0 Å². The number of benzene rings is 2. The topological polar surface area (TPSA) is 105 Å². The number of amides is 1. The molecule has 1 aliphatic heterocycles. The summed E-state index contributed by atoms with van der Waals surface area (Å²) < 4.78 is 29.4. The number of phenolic OH excluding ortho intramolecular Hbond substituents is 1. The van der Waals surface area contributed by atoms with E-state index in [-0.39, 0.29) is 29.5 Å². The molecule has 0 spiro atoms. The van der Waals surface area contributed by atoms with Gasteiger partial charge in [0.2, 0.25) is 15.9 Å². The molecule has 4 rings (SSSR count). The van der Waals surface area contributed by atoms with E-state index in [1.807, 2.05) is 11.6 Å². The zero-order valence-corrected chi connectivity index (χ0v) is 18.9. The van der Waals surface area contributed by atoms with E-state index in [2.05, 4.69) is 10.3 Å². The van der Waals surface area contributed by atoms with Gasteiger partial charge < -0.3 is 15.0 Å². The predicted octanol–water partition coefficient (Wildman–Crippen LogP) is 2.70. The number of rotatable bonds is 7. The number of hydrogen-bond donors (Lipinski definition) is 2. The van der Waals surface area contributed by atoms with Crippen molar-refractivity contribution in [2.75, 3.05) is 13.1 Å². The fraction of sp³-hybridized carbons (Fsp3) is 0.391. The van der Waals surface area contributed by atoms with Gasteiger partial charge in [-0.05, 0) is 37.1 Å². The van der Waals surface area contributed by atoms with Crippen molar-refractivity contribution in [2.24, 2.45) is 7.05 Å². The average Bonchev–Trinajstić information content (AvgIpc) is 3.12. The molecule has 1 amide bonds. The van der Waals surface area contributed by atoms with E-state index in [0.717, 1.165) is 24.8 Å². The molecule has 2 aromatic carbocycles. The molecule has 2 N–H and O–H groups in total. The van der Waals surface area contributed by atoms with Gasteiger partial charge in [-0.3, -0.25) is 4.79 Å². The monoisotopic (exact) mass is 456 g/mol. The van der Waals surface area contributed by atoms with Gasteiger partial charge >= 0.3 is 0 Å². The van der Waals surface area contributed by atoms with Crippen molar-refractivity contribution in [1.82, 2.24) is 19.2 Å². The number of aryl methyl sites for hydroxylation is 2. The highest BCUT2D eigenvalue weighted by molar-refractivity contribution is 7.89. The van der Waals surface area contributed by atoms with Gasteiger partial charge in [0, 0.05) is 45.1 Å². The number of nitrogens with one attached hydrogen (secondary N) is 1. The van der Waals surface area contributed by atoms with Crippen LogP contribution in [0.1, 0.15) is 37.1 Å². The molecule has 170 valence electrons. The van der Waals surface area contributed by atoms with Crippen LogP contribution in [-0.2, 0) is 34.8 Å². The first-order valence-electron chi connectivity index (χ1n) is 10.9. The Morgan fingerprint density at radius 2 is 1.88 bits per heavy atom. The summed E-state index contributed by atoms with van der Waals surface area (Å²) in [5, 5.41) is 12.6. The van der Waals surface area contributed by atoms with E-state index in [4.69, 9.17) is 0 Å². The summed E-state index contributed by atoms with van der Waals surface area (Å²) in [5.41, 5.74) is 2.09. The van der Waals surface area contributed by atoms with Crippen molar-refractivity contribution in [3.8, 4) is 5.75 Å². The number of piperidine rings is 1.